The van der Waals surface area contributed by atoms with Gasteiger partial charge in [0.15, 0.2) is 0 Å². The zero-order valence-corrected chi connectivity index (χ0v) is 9.05. The maximum atomic E-state index is 5.15. The molecule has 1 aliphatic rings. The van der Waals surface area contributed by atoms with Crippen molar-refractivity contribution in [3.63, 3.8) is 0 Å². The topological polar surface area (TPSA) is 68.8 Å². The molecule has 1 N–H and O–H groups in total. The summed E-state index contributed by atoms with van der Waals surface area (Å²) < 4.78 is 6.86. The van der Waals surface area contributed by atoms with Gasteiger partial charge in [-0.2, -0.15) is 10.1 Å². The minimum atomic E-state index is 0.598. The summed E-state index contributed by atoms with van der Waals surface area (Å²) in [6.45, 7) is 0.651. The maximum Gasteiger partial charge on any atom is 0.240 e. The van der Waals surface area contributed by atoms with E-state index in [0.29, 0.717) is 24.3 Å². The van der Waals surface area contributed by atoms with Gasteiger partial charge in [-0.15, -0.1) is 0 Å². The molecule has 84 valence electrons. The van der Waals surface area contributed by atoms with E-state index in [1.54, 1.807) is 10.9 Å². The first-order valence-corrected chi connectivity index (χ1v) is 5.36. The Kier molecular flexibility index (Phi) is 2.21. The Balaban J connectivity index is 1.71. The first-order valence-electron chi connectivity index (χ1n) is 5.36. The molecule has 0 saturated heterocycles. The first kappa shape index (κ1) is 9.53. The second-order valence-electron chi connectivity index (χ2n) is 4.07. The number of nitrogens with zero attached hydrogens (tertiary/aromatic N) is 4. The molecule has 3 rings (SSSR count). The van der Waals surface area contributed by atoms with Crippen LogP contribution in [0.25, 0.3) is 11.4 Å². The van der Waals surface area contributed by atoms with Gasteiger partial charge in [0.2, 0.25) is 11.7 Å². The highest BCUT2D eigenvalue weighted by Crippen LogP contribution is 2.19. The molecule has 1 saturated carbocycles. The Hall–Kier alpha value is -1.69. The van der Waals surface area contributed by atoms with Crippen molar-refractivity contribution in [1.82, 2.24) is 25.2 Å². The molecular weight excluding hydrogens is 206 g/mol. The van der Waals surface area contributed by atoms with Crippen LogP contribution < -0.4 is 5.32 Å². The van der Waals surface area contributed by atoms with E-state index in [1.807, 2.05) is 13.2 Å². The van der Waals surface area contributed by atoms with Gasteiger partial charge < -0.3 is 9.84 Å². The van der Waals surface area contributed by atoms with Gasteiger partial charge >= 0.3 is 0 Å². The lowest BCUT2D eigenvalue weighted by molar-refractivity contribution is 0.367. The van der Waals surface area contributed by atoms with Gasteiger partial charge in [0.25, 0.3) is 0 Å². The summed E-state index contributed by atoms with van der Waals surface area (Å²) >= 11 is 0. The monoisotopic (exact) mass is 219 g/mol. The maximum absolute atomic E-state index is 5.15. The Morgan fingerprint density at radius 1 is 1.56 bits per heavy atom. The van der Waals surface area contributed by atoms with Crippen molar-refractivity contribution in [1.29, 1.82) is 0 Å². The van der Waals surface area contributed by atoms with Crippen molar-refractivity contribution < 1.29 is 4.52 Å². The average molecular weight is 219 g/mol. The molecular formula is C10H13N5O. The summed E-state index contributed by atoms with van der Waals surface area (Å²) in [4.78, 5) is 4.30. The third-order valence-corrected chi connectivity index (χ3v) is 2.55. The molecule has 2 heterocycles. The predicted octanol–water partition coefficient (Wildman–Crippen LogP) is 0.722. The lowest BCUT2D eigenvalue weighted by Gasteiger charge is -1.94. The van der Waals surface area contributed by atoms with E-state index in [2.05, 4.69) is 20.6 Å². The van der Waals surface area contributed by atoms with Crippen LogP contribution in [0.4, 0.5) is 0 Å². The van der Waals surface area contributed by atoms with Crippen LogP contribution in [0.15, 0.2) is 16.9 Å². The lowest BCUT2D eigenvalue weighted by atomic mass is 10.3. The number of hydrogen-bond donors (Lipinski definition) is 1. The van der Waals surface area contributed by atoms with Gasteiger partial charge in [0, 0.05) is 19.3 Å². The summed E-state index contributed by atoms with van der Waals surface area (Å²) in [5.41, 5.74) is 0.879. The quantitative estimate of drug-likeness (QED) is 0.820. The Morgan fingerprint density at radius 3 is 3.12 bits per heavy atom. The zero-order valence-electron chi connectivity index (χ0n) is 9.05. The zero-order chi connectivity index (χ0) is 11.0. The molecule has 0 radical (unpaired) electrons. The van der Waals surface area contributed by atoms with Crippen molar-refractivity contribution in [2.75, 3.05) is 0 Å². The molecule has 6 nitrogen and oxygen atoms in total. The van der Waals surface area contributed by atoms with Crippen LogP contribution in [0.3, 0.4) is 0 Å². The number of hydrogen-bond acceptors (Lipinski definition) is 5. The van der Waals surface area contributed by atoms with E-state index in [0.717, 1.165) is 5.56 Å². The summed E-state index contributed by atoms with van der Waals surface area (Å²) in [7, 11) is 1.86. The normalized spacial score (nSPS) is 15.6. The predicted molar refractivity (Wildman–Crippen MR) is 56.4 cm³/mol. The smallest absolute Gasteiger partial charge is 0.240 e. The standard InChI is InChI=1S/C10H13N5O/c1-15-6-7(4-12-15)10-13-9(16-14-10)5-11-8-2-3-8/h4,6,8,11H,2-3,5H2,1H3. The van der Waals surface area contributed by atoms with Crippen molar-refractivity contribution in [3.05, 3.63) is 18.3 Å². The van der Waals surface area contributed by atoms with E-state index in [-0.39, 0.29) is 0 Å². The summed E-state index contributed by atoms with van der Waals surface area (Å²) in [5, 5.41) is 11.3. The molecule has 1 aliphatic carbocycles. The summed E-state index contributed by atoms with van der Waals surface area (Å²) in [5.74, 6) is 1.23. The van der Waals surface area contributed by atoms with Crippen LogP contribution in [0.1, 0.15) is 18.7 Å². The van der Waals surface area contributed by atoms with E-state index >= 15 is 0 Å². The highest BCUT2D eigenvalue weighted by Gasteiger charge is 2.21. The highest BCUT2D eigenvalue weighted by atomic mass is 16.5. The van der Waals surface area contributed by atoms with E-state index in [1.165, 1.54) is 12.8 Å². The molecule has 0 amide bonds. The molecule has 2 aromatic heterocycles. The second-order valence-corrected chi connectivity index (χ2v) is 4.07. The molecule has 1 fully saturated rings. The van der Waals surface area contributed by atoms with Crippen LogP contribution in [0, 0.1) is 0 Å². The fraction of sp³-hybridized carbons (Fsp3) is 0.500. The number of nitrogens with one attached hydrogen (secondary N) is 1. The summed E-state index contributed by atoms with van der Waals surface area (Å²) in [6.07, 6.45) is 6.10. The van der Waals surface area contributed by atoms with Crippen molar-refractivity contribution >= 4 is 0 Å². The van der Waals surface area contributed by atoms with E-state index < -0.39 is 0 Å². The molecule has 0 atom stereocenters. The fourth-order valence-electron chi connectivity index (χ4n) is 1.50. The van der Waals surface area contributed by atoms with Crippen LogP contribution in [-0.4, -0.2) is 26.0 Å². The van der Waals surface area contributed by atoms with Crippen molar-refractivity contribution in [2.24, 2.45) is 7.05 Å². The number of rotatable bonds is 4. The molecule has 0 spiro atoms. The Labute approximate surface area is 92.6 Å². The fourth-order valence-corrected chi connectivity index (χ4v) is 1.50. The SMILES string of the molecule is Cn1cc(-c2noc(CNC3CC3)n2)cn1. The molecule has 0 aromatic carbocycles. The largest absolute Gasteiger partial charge is 0.338 e. The van der Waals surface area contributed by atoms with Gasteiger partial charge in [0.05, 0.1) is 18.3 Å². The van der Waals surface area contributed by atoms with E-state index in [4.69, 9.17) is 4.52 Å². The van der Waals surface area contributed by atoms with Gasteiger partial charge in [-0.05, 0) is 12.8 Å². The number of aromatic nitrogens is 4. The Morgan fingerprint density at radius 2 is 2.44 bits per heavy atom. The van der Waals surface area contributed by atoms with Gasteiger partial charge in [-0.25, -0.2) is 0 Å². The van der Waals surface area contributed by atoms with Crippen molar-refractivity contribution in [3.8, 4) is 11.4 Å². The lowest BCUT2D eigenvalue weighted by Crippen LogP contribution is -2.15. The Bertz CT molecular complexity index is 485. The molecule has 16 heavy (non-hydrogen) atoms. The van der Waals surface area contributed by atoms with Gasteiger partial charge in [-0.3, -0.25) is 4.68 Å². The van der Waals surface area contributed by atoms with Crippen LogP contribution >= 0.6 is 0 Å². The number of aryl methyl sites for hydroxylation is 1. The molecule has 6 heteroatoms. The third kappa shape index (κ3) is 1.96. The molecule has 2 aromatic rings. The molecule has 0 unspecified atom stereocenters. The van der Waals surface area contributed by atoms with Gasteiger partial charge in [-0.1, -0.05) is 5.16 Å². The minimum Gasteiger partial charge on any atom is -0.338 e. The van der Waals surface area contributed by atoms with Crippen LogP contribution in [0.5, 0.6) is 0 Å². The van der Waals surface area contributed by atoms with Crippen LogP contribution in [0.2, 0.25) is 0 Å². The minimum absolute atomic E-state index is 0.598. The highest BCUT2D eigenvalue weighted by molar-refractivity contribution is 5.50. The van der Waals surface area contributed by atoms with Crippen LogP contribution in [-0.2, 0) is 13.6 Å². The second kappa shape index (κ2) is 3.71. The molecule has 0 aliphatic heterocycles. The van der Waals surface area contributed by atoms with E-state index in [9.17, 15) is 0 Å². The first-order chi connectivity index (χ1) is 7.81. The third-order valence-electron chi connectivity index (χ3n) is 2.55. The van der Waals surface area contributed by atoms with Gasteiger partial charge in [0.1, 0.15) is 0 Å². The summed E-state index contributed by atoms with van der Waals surface area (Å²) in [6, 6.07) is 0.647. The molecule has 0 bridgehead atoms. The average Bonchev–Trinajstić information content (AvgIpc) is 2.81. The van der Waals surface area contributed by atoms with Crippen molar-refractivity contribution in [2.45, 2.75) is 25.4 Å².